The molecule has 0 aliphatic carbocycles. The fraction of sp³-hybridized carbons (Fsp3) is 0.188. The monoisotopic (exact) mass is 301 g/mol. The first-order valence-corrected chi connectivity index (χ1v) is 7.38. The molecule has 4 nitrogen and oxygen atoms in total. The molecule has 0 amide bonds. The molecule has 21 heavy (non-hydrogen) atoms. The molecule has 0 N–H and O–H groups in total. The zero-order valence-corrected chi connectivity index (χ0v) is 12.6. The summed E-state index contributed by atoms with van der Waals surface area (Å²) in [4.78, 5) is 29.0. The van der Waals surface area contributed by atoms with Crippen LogP contribution < -0.4 is 0 Å². The zero-order valence-electron chi connectivity index (χ0n) is 11.8. The SMILES string of the molecule is CCOC(=O)C(=Cc1cncc(C)c1)C(=O)c1cccs1. The number of carbonyl (C=O) groups excluding carboxylic acids is 2. The average molecular weight is 301 g/mol. The van der Waals surface area contributed by atoms with Gasteiger partial charge in [-0.1, -0.05) is 6.07 Å². The van der Waals surface area contributed by atoms with E-state index in [-0.39, 0.29) is 18.0 Å². The van der Waals surface area contributed by atoms with Gasteiger partial charge in [-0.2, -0.15) is 0 Å². The first kappa shape index (κ1) is 15.1. The number of hydrogen-bond donors (Lipinski definition) is 0. The van der Waals surface area contributed by atoms with Gasteiger partial charge < -0.3 is 4.74 Å². The third-order valence-corrected chi connectivity index (χ3v) is 3.56. The van der Waals surface area contributed by atoms with Crippen molar-refractivity contribution >= 4 is 29.2 Å². The van der Waals surface area contributed by atoms with Crippen molar-refractivity contribution in [3.63, 3.8) is 0 Å². The molecule has 0 saturated carbocycles. The van der Waals surface area contributed by atoms with Crippen molar-refractivity contribution in [2.75, 3.05) is 6.61 Å². The Kier molecular flexibility index (Phi) is 5.00. The Morgan fingerprint density at radius 2 is 2.19 bits per heavy atom. The van der Waals surface area contributed by atoms with E-state index in [4.69, 9.17) is 4.74 Å². The number of ether oxygens (including phenoxy) is 1. The molecule has 0 fully saturated rings. The maximum atomic E-state index is 12.4. The van der Waals surface area contributed by atoms with Crippen LogP contribution in [0.15, 0.2) is 41.5 Å². The first-order valence-electron chi connectivity index (χ1n) is 6.50. The molecule has 2 aromatic heterocycles. The minimum atomic E-state index is -0.614. The fourth-order valence-corrected chi connectivity index (χ4v) is 2.47. The lowest BCUT2D eigenvalue weighted by Gasteiger charge is -2.05. The number of thiophene rings is 1. The normalized spacial score (nSPS) is 11.2. The van der Waals surface area contributed by atoms with Crippen LogP contribution >= 0.6 is 11.3 Å². The highest BCUT2D eigenvalue weighted by molar-refractivity contribution is 7.12. The van der Waals surface area contributed by atoms with Crippen molar-refractivity contribution in [3.8, 4) is 0 Å². The van der Waals surface area contributed by atoms with Gasteiger partial charge in [0.1, 0.15) is 5.57 Å². The standard InChI is InChI=1S/C16H15NO3S/c1-3-20-16(19)13(15(18)14-5-4-6-21-14)8-12-7-11(2)9-17-10-12/h4-10H,3H2,1-2H3. The summed E-state index contributed by atoms with van der Waals surface area (Å²) in [5.74, 6) is -0.942. The summed E-state index contributed by atoms with van der Waals surface area (Å²) in [5, 5.41) is 1.80. The fourth-order valence-electron chi connectivity index (χ4n) is 1.79. The Hall–Kier alpha value is -2.27. The first-order chi connectivity index (χ1) is 10.1. The Morgan fingerprint density at radius 1 is 1.38 bits per heavy atom. The summed E-state index contributed by atoms with van der Waals surface area (Å²) in [6.07, 6.45) is 4.84. The van der Waals surface area contributed by atoms with Crippen molar-refractivity contribution in [2.24, 2.45) is 0 Å². The molecule has 5 heteroatoms. The van der Waals surface area contributed by atoms with Crippen molar-refractivity contribution < 1.29 is 14.3 Å². The number of Topliss-reactive ketones (excluding diaryl/α,β-unsaturated/α-hetero) is 1. The number of carbonyl (C=O) groups is 2. The maximum absolute atomic E-state index is 12.4. The van der Waals surface area contributed by atoms with Crippen molar-refractivity contribution in [3.05, 3.63) is 57.6 Å². The Morgan fingerprint density at radius 3 is 2.81 bits per heavy atom. The number of ketones is 1. The molecule has 0 atom stereocenters. The minimum absolute atomic E-state index is 0.0201. The molecule has 0 aromatic carbocycles. The molecule has 0 aliphatic rings. The van der Waals surface area contributed by atoms with Gasteiger partial charge in [0.25, 0.3) is 0 Å². The van der Waals surface area contributed by atoms with E-state index in [9.17, 15) is 9.59 Å². The van der Waals surface area contributed by atoms with Gasteiger partial charge in [-0.25, -0.2) is 4.79 Å². The second-order valence-electron chi connectivity index (χ2n) is 4.38. The minimum Gasteiger partial charge on any atom is -0.462 e. The van der Waals surface area contributed by atoms with E-state index < -0.39 is 5.97 Å². The number of pyridine rings is 1. The molecule has 0 aliphatic heterocycles. The van der Waals surface area contributed by atoms with Gasteiger partial charge in [0.15, 0.2) is 0 Å². The smallest absolute Gasteiger partial charge is 0.342 e. The second-order valence-corrected chi connectivity index (χ2v) is 5.33. The van der Waals surface area contributed by atoms with Crippen LogP contribution in [0.25, 0.3) is 6.08 Å². The van der Waals surface area contributed by atoms with Crippen LogP contribution in [0.3, 0.4) is 0 Å². The van der Waals surface area contributed by atoms with Gasteiger partial charge in [0.2, 0.25) is 5.78 Å². The molecular weight excluding hydrogens is 286 g/mol. The highest BCUT2D eigenvalue weighted by atomic mass is 32.1. The molecule has 108 valence electrons. The van der Waals surface area contributed by atoms with Crippen LogP contribution in [0.5, 0.6) is 0 Å². The van der Waals surface area contributed by atoms with Gasteiger partial charge in [-0.15, -0.1) is 11.3 Å². The number of aryl methyl sites for hydroxylation is 1. The number of hydrogen-bond acceptors (Lipinski definition) is 5. The molecule has 2 heterocycles. The molecule has 0 unspecified atom stereocenters. The van der Waals surface area contributed by atoms with Gasteiger partial charge >= 0.3 is 5.97 Å². The Bertz CT molecular complexity index is 675. The lowest BCUT2D eigenvalue weighted by atomic mass is 10.1. The summed E-state index contributed by atoms with van der Waals surface area (Å²) in [6.45, 7) is 3.83. The largest absolute Gasteiger partial charge is 0.462 e. The van der Waals surface area contributed by atoms with Crippen LogP contribution in [0.4, 0.5) is 0 Å². The van der Waals surface area contributed by atoms with Crippen LogP contribution in [-0.4, -0.2) is 23.3 Å². The van der Waals surface area contributed by atoms with Gasteiger partial charge in [-0.3, -0.25) is 9.78 Å². The highest BCUT2D eigenvalue weighted by Gasteiger charge is 2.21. The molecule has 2 rings (SSSR count). The van der Waals surface area contributed by atoms with Crippen LogP contribution in [0.2, 0.25) is 0 Å². The van der Waals surface area contributed by atoms with Crippen molar-refractivity contribution in [1.29, 1.82) is 0 Å². The topological polar surface area (TPSA) is 56.3 Å². The third-order valence-electron chi connectivity index (χ3n) is 2.69. The second kappa shape index (κ2) is 6.95. The number of rotatable bonds is 5. The molecule has 0 bridgehead atoms. The molecular formula is C16H15NO3S. The van der Waals surface area contributed by atoms with Crippen LogP contribution in [0, 0.1) is 6.92 Å². The zero-order chi connectivity index (χ0) is 15.2. The predicted octanol–water partition coefficient (Wildman–Crippen LogP) is 3.28. The quantitative estimate of drug-likeness (QED) is 0.279. The summed E-state index contributed by atoms with van der Waals surface area (Å²) < 4.78 is 4.98. The average Bonchev–Trinajstić information content (AvgIpc) is 2.98. The van der Waals surface area contributed by atoms with E-state index in [1.165, 1.54) is 17.4 Å². The lowest BCUT2D eigenvalue weighted by Crippen LogP contribution is -2.15. The van der Waals surface area contributed by atoms with Gasteiger partial charge in [0.05, 0.1) is 11.5 Å². The number of esters is 1. The van der Waals surface area contributed by atoms with Gasteiger partial charge in [0, 0.05) is 12.4 Å². The van der Waals surface area contributed by atoms with E-state index in [1.54, 1.807) is 36.8 Å². The third kappa shape index (κ3) is 3.86. The molecule has 0 saturated heterocycles. The summed E-state index contributed by atoms with van der Waals surface area (Å²) in [6, 6.07) is 5.32. The van der Waals surface area contributed by atoms with E-state index in [0.29, 0.717) is 10.4 Å². The van der Waals surface area contributed by atoms with E-state index in [0.717, 1.165) is 5.56 Å². The van der Waals surface area contributed by atoms with Crippen molar-refractivity contribution in [2.45, 2.75) is 13.8 Å². The van der Waals surface area contributed by atoms with E-state index in [1.807, 2.05) is 13.0 Å². The Labute approximate surface area is 127 Å². The van der Waals surface area contributed by atoms with Gasteiger partial charge in [-0.05, 0) is 48.6 Å². The lowest BCUT2D eigenvalue weighted by molar-refractivity contribution is -0.137. The van der Waals surface area contributed by atoms with Crippen LogP contribution in [0.1, 0.15) is 27.7 Å². The molecule has 2 aromatic rings. The maximum Gasteiger partial charge on any atom is 0.342 e. The summed E-state index contributed by atoms with van der Waals surface area (Å²) in [5.41, 5.74) is 1.67. The molecule has 0 radical (unpaired) electrons. The van der Waals surface area contributed by atoms with Crippen molar-refractivity contribution in [1.82, 2.24) is 4.98 Å². The van der Waals surface area contributed by atoms with E-state index >= 15 is 0 Å². The van der Waals surface area contributed by atoms with E-state index in [2.05, 4.69) is 4.98 Å². The predicted molar refractivity (Wildman–Crippen MR) is 82.2 cm³/mol. The summed E-state index contributed by atoms with van der Waals surface area (Å²) in [7, 11) is 0. The highest BCUT2D eigenvalue weighted by Crippen LogP contribution is 2.18. The van der Waals surface area contributed by atoms with Crippen LogP contribution in [-0.2, 0) is 9.53 Å². The molecule has 0 spiro atoms. The summed E-state index contributed by atoms with van der Waals surface area (Å²) >= 11 is 1.29. The number of nitrogens with zero attached hydrogens (tertiary/aromatic N) is 1. The Balaban J connectivity index is 2.41. The number of aromatic nitrogens is 1.